The molecule has 28 heavy (non-hydrogen) atoms. The molecule has 0 unspecified atom stereocenters. The van der Waals surface area contributed by atoms with Gasteiger partial charge in [0.05, 0.1) is 5.92 Å². The second-order valence-electron chi connectivity index (χ2n) is 6.95. The van der Waals surface area contributed by atoms with E-state index < -0.39 is 0 Å². The minimum absolute atomic E-state index is 0.0527. The van der Waals surface area contributed by atoms with Crippen molar-refractivity contribution in [3.63, 3.8) is 0 Å². The van der Waals surface area contributed by atoms with Crippen molar-refractivity contribution in [2.24, 2.45) is 5.92 Å². The Labute approximate surface area is 174 Å². The molecule has 1 atom stereocenters. The van der Waals surface area contributed by atoms with Crippen molar-refractivity contribution < 1.29 is 4.79 Å². The summed E-state index contributed by atoms with van der Waals surface area (Å²) < 4.78 is 2.34. The Morgan fingerprint density at radius 2 is 2.25 bits per heavy atom. The van der Waals surface area contributed by atoms with Gasteiger partial charge in [-0.05, 0) is 37.5 Å². The topological polar surface area (TPSA) is 79.6 Å². The number of benzene rings is 1. The monoisotopic (exact) mass is 461 g/mol. The number of carbonyl (C=O) groups excluding carboxylic acids is 1. The molecule has 1 aromatic carbocycles. The number of nitrogens with zero attached hydrogens (tertiary/aromatic N) is 4. The maximum atomic E-state index is 12.7. The summed E-state index contributed by atoms with van der Waals surface area (Å²) in [7, 11) is 0. The fourth-order valence-corrected chi connectivity index (χ4v) is 4.82. The minimum Gasteiger partial charge on any atom is -0.352 e. The molecule has 146 valence electrons. The van der Waals surface area contributed by atoms with Crippen molar-refractivity contribution in [1.29, 1.82) is 0 Å². The molecule has 7 nitrogen and oxygen atoms in total. The summed E-state index contributed by atoms with van der Waals surface area (Å²) >= 11 is 4.84. The highest BCUT2D eigenvalue weighted by molar-refractivity contribution is 9.10. The Kier molecular flexibility index (Phi) is 5.45. The van der Waals surface area contributed by atoms with Gasteiger partial charge in [0, 0.05) is 35.9 Å². The number of fused-ring (bicyclic) bond motifs is 1. The van der Waals surface area contributed by atoms with Gasteiger partial charge in [-0.1, -0.05) is 39.4 Å². The van der Waals surface area contributed by atoms with E-state index in [1.165, 1.54) is 21.9 Å². The first-order valence-electron chi connectivity index (χ1n) is 9.14. The molecule has 1 aliphatic heterocycles. The van der Waals surface area contributed by atoms with E-state index in [1.54, 1.807) is 6.92 Å². The summed E-state index contributed by atoms with van der Waals surface area (Å²) in [6.07, 6.45) is 1.76. The van der Waals surface area contributed by atoms with Gasteiger partial charge in [-0.15, -0.1) is 5.10 Å². The second kappa shape index (κ2) is 8.00. The summed E-state index contributed by atoms with van der Waals surface area (Å²) in [5, 5.41) is 8.20. The summed E-state index contributed by atoms with van der Waals surface area (Å²) in [6, 6.07) is 9.39. The number of anilines is 1. The Bertz CT molecular complexity index is 1080. The van der Waals surface area contributed by atoms with Crippen LogP contribution in [-0.4, -0.2) is 33.6 Å². The van der Waals surface area contributed by atoms with Crippen LogP contribution in [0.3, 0.4) is 0 Å². The van der Waals surface area contributed by atoms with Crippen LogP contribution in [0.4, 0.5) is 5.13 Å². The minimum atomic E-state index is -0.176. The first-order valence-corrected chi connectivity index (χ1v) is 10.8. The average molecular weight is 462 g/mol. The van der Waals surface area contributed by atoms with Crippen LogP contribution in [0.15, 0.2) is 39.6 Å². The smallest absolute Gasteiger partial charge is 0.275 e. The lowest BCUT2D eigenvalue weighted by Crippen LogP contribution is -2.43. The van der Waals surface area contributed by atoms with Gasteiger partial charge in [0.15, 0.2) is 0 Å². The highest BCUT2D eigenvalue weighted by Crippen LogP contribution is 2.27. The molecule has 0 radical (unpaired) electrons. The van der Waals surface area contributed by atoms with Gasteiger partial charge in [-0.2, -0.15) is 4.52 Å². The van der Waals surface area contributed by atoms with Crippen LogP contribution < -0.4 is 15.8 Å². The molecule has 0 bridgehead atoms. The maximum Gasteiger partial charge on any atom is 0.275 e. The fraction of sp³-hybridized carbons (Fsp3) is 0.368. The molecule has 0 saturated carbocycles. The van der Waals surface area contributed by atoms with Gasteiger partial charge in [-0.25, -0.2) is 4.98 Å². The molecule has 0 aliphatic carbocycles. The number of rotatable bonds is 4. The standard InChI is InChI=1S/C19H20BrN5O2S/c1-12-8-16(26)25-18(22-12)28-19(23-25)24-7-3-5-14(11-24)17(27)21-10-13-4-2-6-15(20)9-13/h2,4,6,8-9,14H,3,5,7,10-11H2,1H3,(H,21,27)/t14-/m1/s1. The van der Waals surface area contributed by atoms with E-state index in [4.69, 9.17) is 0 Å². The number of hydrogen-bond acceptors (Lipinski definition) is 6. The van der Waals surface area contributed by atoms with Gasteiger partial charge in [0.2, 0.25) is 16.0 Å². The summed E-state index contributed by atoms with van der Waals surface area (Å²) in [5.74, 6) is -0.0451. The quantitative estimate of drug-likeness (QED) is 0.645. The molecular formula is C19H20BrN5O2S. The van der Waals surface area contributed by atoms with Crippen LogP contribution in [0.25, 0.3) is 4.96 Å². The number of aromatic nitrogens is 3. The van der Waals surface area contributed by atoms with E-state index in [0.717, 1.165) is 34.6 Å². The van der Waals surface area contributed by atoms with Crippen LogP contribution in [0.2, 0.25) is 0 Å². The number of amides is 1. The van der Waals surface area contributed by atoms with Gasteiger partial charge in [0.1, 0.15) is 0 Å². The number of halogens is 1. The third-order valence-corrected chi connectivity index (χ3v) is 6.24. The van der Waals surface area contributed by atoms with Crippen molar-refractivity contribution in [2.45, 2.75) is 26.3 Å². The highest BCUT2D eigenvalue weighted by Gasteiger charge is 2.27. The second-order valence-corrected chi connectivity index (χ2v) is 8.80. The van der Waals surface area contributed by atoms with Gasteiger partial charge < -0.3 is 10.2 Å². The molecule has 4 rings (SSSR count). The van der Waals surface area contributed by atoms with Crippen molar-refractivity contribution in [2.75, 3.05) is 18.0 Å². The lowest BCUT2D eigenvalue weighted by Gasteiger charge is -2.31. The van der Waals surface area contributed by atoms with Gasteiger partial charge in [0.25, 0.3) is 5.56 Å². The number of hydrogen-bond donors (Lipinski definition) is 1. The summed E-state index contributed by atoms with van der Waals surface area (Å²) in [4.78, 5) is 31.8. The van der Waals surface area contributed by atoms with E-state index in [1.807, 2.05) is 24.3 Å². The Balaban J connectivity index is 1.44. The zero-order chi connectivity index (χ0) is 19.7. The summed E-state index contributed by atoms with van der Waals surface area (Å²) in [6.45, 7) is 3.72. The molecule has 3 aromatic rings. The Hall–Kier alpha value is -2.26. The van der Waals surface area contributed by atoms with Crippen molar-refractivity contribution in [1.82, 2.24) is 19.9 Å². The van der Waals surface area contributed by atoms with Crippen LogP contribution in [0.5, 0.6) is 0 Å². The van der Waals surface area contributed by atoms with Gasteiger partial charge in [-0.3, -0.25) is 9.59 Å². The van der Waals surface area contributed by atoms with Crippen molar-refractivity contribution in [3.05, 3.63) is 56.4 Å². The Morgan fingerprint density at radius 1 is 1.39 bits per heavy atom. The van der Waals surface area contributed by atoms with E-state index >= 15 is 0 Å². The molecular weight excluding hydrogens is 442 g/mol. The normalized spacial score (nSPS) is 17.1. The zero-order valence-corrected chi connectivity index (χ0v) is 17.8. The van der Waals surface area contributed by atoms with E-state index in [2.05, 4.69) is 36.2 Å². The van der Waals surface area contributed by atoms with Crippen LogP contribution in [-0.2, 0) is 11.3 Å². The molecule has 3 heterocycles. The molecule has 1 saturated heterocycles. The highest BCUT2D eigenvalue weighted by atomic mass is 79.9. The molecule has 2 aromatic heterocycles. The molecule has 1 amide bonds. The van der Waals surface area contributed by atoms with E-state index in [9.17, 15) is 9.59 Å². The van der Waals surface area contributed by atoms with E-state index in [-0.39, 0.29) is 17.4 Å². The molecule has 1 aliphatic rings. The Morgan fingerprint density at radius 3 is 3.07 bits per heavy atom. The first-order chi connectivity index (χ1) is 13.5. The first kappa shape index (κ1) is 19.1. The molecule has 1 fully saturated rings. The third-order valence-electron chi connectivity index (χ3n) is 4.78. The number of piperidine rings is 1. The number of carbonyl (C=O) groups is 1. The largest absolute Gasteiger partial charge is 0.352 e. The number of aryl methyl sites for hydroxylation is 1. The van der Waals surface area contributed by atoms with Gasteiger partial charge >= 0.3 is 0 Å². The predicted octanol–water partition coefficient (Wildman–Crippen LogP) is 2.75. The van der Waals surface area contributed by atoms with Crippen molar-refractivity contribution in [3.8, 4) is 0 Å². The summed E-state index contributed by atoms with van der Waals surface area (Å²) in [5.41, 5.74) is 1.57. The molecule has 9 heteroatoms. The lowest BCUT2D eigenvalue weighted by molar-refractivity contribution is -0.125. The van der Waals surface area contributed by atoms with Crippen LogP contribution in [0.1, 0.15) is 24.1 Å². The molecule has 0 spiro atoms. The number of nitrogens with one attached hydrogen (secondary N) is 1. The van der Waals surface area contributed by atoms with Crippen molar-refractivity contribution >= 4 is 43.3 Å². The maximum absolute atomic E-state index is 12.7. The van der Waals surface area contributed by atoms with Crippen LogP contribution >= 0.6 is 27.3 Å². The van der Waals surface area contributed by atoms with E-state index in [0.29, 0.717) is 23.7 Å². The SMILES string of the molecule is Cc1cc(=O)n2nc(N3CCC[C@@H](C(=O)NCc4cccc(Br)c4)C3)sc2n1. The average Bonchev–Trinajstić information content (AvgIpc) is 3.11. The predicted molar refractivity (Wildman–Crippen MR) is 113 cm³/mol. The zero-order valence-electron chi connectivity index (χ0n) is 15.4. The van der Waals surface area contributed by atoms with Crippen LogP contribution in [0, 0.1) is 12.8 Å². The molecule has 1 N–H and O–H groups in total. The third kappa shape index (κ3) is 4.10. The lowest BCUT2D eigenvalue weighted by atomic mass is 9.97. The fourth-order valence-electron chi connectivity index (χ4n) is 3.38.